The van der Waals surface area contributed by atoms with Crippen LogP contribution in [0.15, 0.2) is 54.6 Å². The molecule has 0 fully saturated rings. The van der Waals surface area contributed by atoms with Gasteiger partial charge in [0, 0.05) is 16.8 Å². The van der Waals surface area contributed by atoms with Crippen LogP contribution < -0.4 is 11.1 Å². The van der Waals surface area contributed by atoms with Crippen molar-refractivity contribution >= 4 is 29.3 Å². The topological polar surface area (TPSA) is 55.1 Å². The van der Waals surface area contributed by atoms with Gasteiger partial charge in [0.15, 0.2) is 0 Å². The molecule has 108 valence electrons. The number of hydrogen-bond donors (Lipinski definition) is 2. The summed E-state index contributed by atoms with van der Waals surface area (Å²) in [5.41, 5.74) is 8.14. The van der Waals surface area contributed by atoms with Crippen molar-refractivity contribution < 1.29 is 4.79 Å². The van der Waals surface area contributed by atoms with Crippen LogP contribution in [0.2, 0.25) is 5.02 Å². The zero-order chi connectivity index (χ0) is 15.2. The Hall–Kier alpha value is -2.26. The monoisotopic (exact) mass is 300 g/mol. The summed E-state index contributed by atoms with van der Waals surface area (Å²) in [6.45, 7) is 1.90. The molecule has 0 saturated heterocycles. The molecule has 0 bridgehead atoms. The van der Waals surface area contributed by atoms with Crippen LogP contribution in [0.4, 0.5) is 5.69 Å². The Morgan fingerprint density at radius 1 is 1.24 bits per heavy atom. The Morgan fingerprint density at radius 2 is 2.00 bits per heavy atom. The first-order valence-electron chi connectivity index (χ1n) is 6.65. The molecule has 0 aliphatic carbocycles. The SMILES string of the molecule is C[C@@H](NC(=O)/C=C/c1cccc(N)c1)c1ccccc1Cl. The zero-order valence-electron chi connectivity index (χ0n) is 11.7. The normalized spacial score (nSPS) is 12.3. The molecule has 2 aromatic carbocycles. The van der Waals surface area contributed by atoms with Crippen molar-refractivity contribution in [3.63, 3.8) is 0 Å². The lowest BCUT2D eigenvalue weighted by Gasteiger charge is -2.14. The van der Waals surface area contributed by atoms with Crippen LogP contribution in [0, 0.1) is 0 Å². The number of anilines is 1. The molecule has 0 aliphatic rings. The van der Waals surface area contributed by atoms with Crippen LogP contribution in [-0.2, 0) is 4.79 Å². The van der Waals surface area contributed by atoms with Crippen molar-refractivity contribution in [3.05, 3.63) is 70.8 Å². The Kier molecular flexibility index (Phi) is 5.01. The molecule has 3 nitrogen and oxygen atoms in total. The summed E-state index contributed by atoms with van der Waals surface area (Å²) in [6.07, 6.45) is 3.22. The van der Waals surface area contributed by atoms with Crippen LogP contribution in [0.5, 0.6) is 0 Å². The minimum absolute atomic E-state index is 0.156. The second kappa shape index (κ2) is 6.95. The van der Waals surface area contributed by atoms with Crippen LogP contribution in [-0.4, -0.2) is 5.91 Å². The molecular weight excluding hydrogens is 284 g/mol. The van der Waals surface area contributed by atoms with Gasteiger partial charge in [0.2, 0.25) is 5.91 Å². The van der Waals surface area contributed by atoms with Crippen LogP contribution in [0.25, 0.3) is 6.08 Å². The van der Waals surface area contributed by atoms with Crippen LogP contribution in [0.1, 0.15) is 24.1 Å². The lowest BCUT2D eigenvalue weighted by molar-refractivity contribution is -0.117. The van der Waals surface area contributed by atoms with Crippen LogP contribution >= 0.6 is 11.6 Å². The van der Waals surface area contributed by atoms with E-state index in [0.717, 1.165) is 11.1 Å². The van der Waals surface area contributed by atoms with Gasteiger partial charge in [-0.2, -0.15) is 0 Å². The maximum atomic E-state index is 11.9. The van der Waals surface area contributed by atoms with E-state index >= 15 is 0 Å². The highest BCUT2D eigenvalue weighted by Crippen LogP contribution is 2.22. The summed E-state index contributed by atoms with van der Waals surface area (Å²) in [4.78, 5) is 11.9. The molecule has 0 radical (unpaired) electrons. The molecule has 0 aliphatic heterocycles. The lowest BCUT2D eigenvalue weighted by Crippen LogP contribution is -2.24. The van der Waals surface area contributed by atoms with Crippen LogP contribution in [0.3, 0.4) is 0 Å². The van der Waals surface area contributed by atoms with Gasteiger partial charge in [-0.25, -0.2) is 0 Å². The fourth-order valence-electron chi connectivity index (χ4n) is 2.00. The van der Waals surface area contributed by atoms with Gasteiger partial charge < -0.3 is 11.1 Å². The maximum Gasteiger partial charge on any atom is 0.244 e. The van der Waals surface area contributed by atoms with E-state index in [1.54, 1.807) is 18.2 Å². The van der Waals surface area contributed by atoms with Crippen molar-refractivity contribution in [3.8, 4) is 0 Å². The quantitative estimate of drug-likeness (QED) is 0.666. The molecule has 4 heteroatoms. The highest BCUT2D eigenvalue weighted by Gasteiger charge is 2.10. The molecule has 1 atom stereocenters. The van der Waals surface area contributed by atoms with E-state index in [0.29, 0.717) is 10.7 Å². The summed E-state index contributed by atoms with van der Waals surface area (Å²) < 4.78 is 0. The second-order valence-electron chi connectivity index (χ2n) is 4.76. The molecular formula is C17H17ClN2O. The third kappa shape index (κ3) is 4.36. The number of amides is 1. The van der Waals surface area contributed by atoms with Gasteiger partial charge in [0.1, 0.15) is 0 Å². The van der Waals surface area contributed by atoms with Gasteiger partial charge in [-0.1, -0.05) is 41.9 Å². The van der Waals surface area contributed by atoms with Gasteiger partial charge in [-0.15, -0.1) is 0 Å². The fourth-order valence-corrected chi connectivity index (χ4v) is 2.30. The van der Waals surface area contributed by atoms with Crippen molar-refractivity contribution in [2.45, 2.75) is 13.0 Å². The van der Waals surface area contributed by atoms with Crippen molar-refractivity contribution in [2.75, 3.05) is 5.73 Å². The number of benzene rings is 2. The third-order valence-corrected chi connectivity index (χ3v) is 3.41. The predicted molar refractivity (Wildman–Crippen MR) is 87.9 cm³/mol. The van der Waals surface area contributed by atoms with E-state index in [9.17, 15) is 4.79 Å². The van der Waals surface area contributed by atoms with E-state index in [1.165, 1.54) is 6.08 Å². The largest absolute Gasteiger partial charge is 0.399 e. The minimum Gasteiger partial charge on any atom is -0.399 e. The number of hydrogen-bond acceptors (Lipinski definition) is 2. The number of nitrogens with two attached hydrogens (primary N) is 1. The number of carbonyl (C=O) groups is 1. The Labute approximate surface area is 129 Å². The number of carbonyl (C=O) groups excluding carboxylic acids is 1. The molecule has 21 heavy (non-hydrogen) atoms. The average Bonchev–Trinajstić information content (AvgIpc) is 2.45. The Balaban J connectivity index is 2.00. The van der Waals surface area contributed by atoms with Crippen molar-refractivity contribution in [1.29, 1.82) is 0 Å². The number of halogens is 1. The summed E-state index contributed by atoms with van der Waals surface area (Å²) in [5.74, 6) is -0.176. The highest BCUT2D eigenvalue weighted by atomic mass is 35.5. The molecule has 0 spiro atoms. The first-order chi connectivity index (χ1) is 10.1. The van der Waals surface area contributed by atoms with E-state index < -0.39 is 0 Å². The summed E-state index contributed by atoms with van der Waals surface area (Å²) in [5, 5.41) is 3.52. The molecule has 2 aromatic rings. The Bertz CT molecular complexity index is 667. The predicted octanol–water partition coefficient (Wildman–Crippen LogP) is 3.81. The first kappa shape index (κ1) is 15.1. The number of rotatable bonds is 4. The van der Waals surface area contributed by atoms with E-state index in [-0.39, 0.29) is 11.9 Å². The van der Waals surface area contributed by atoms with Crippen molar-refractivity contribution in [1.82, 2.24) is 5.32 Å². The third-order valence-electron chi connectivity index (χ3n) is 3.07. The molecule has 0 aromatic heterocycles. The van der Waals surface area contributed by atoms with Crippen molar-refractivity contribution in [2.24, 2.45) is 0 Å². The molecule has 0 saturated carbocycles. The fraction of sp³-hybridized carbons (Fsp3) is 0.118. The van der Waals surface area contributed by atoms with Gasteiger partial charge >= 0.3 is 0 Å². The van der Waals surface area contributed by atoms with Gasteiger partial charge in [0.05, 0.1) is 6.04 Å². The van der Waals surface area contributed by atoms with Gasteiger partial charge in [-0.3, -0.25) is 4.79 Å². The minimum atomic E-state index is -0.176. The molecule has 1 amide bonds. The maximum absolute atomic E-state index is 11.9. The smallest absolute Gasteiger partial charge is 0.244 e. The average molecular weight is 301 g/mol. The van der Waals surface area contributed by atoms with Gasteiger partial charge in [-0.05, 0) is 42.3 Å². The summed E-state index contributed by atoms with van der Waals surface area (Å²) in [7, 11) is 0. The zero-order valence-corrected chi connectivity index (χ0v) is 12.5. The highest BCUT2D eigenvalue weighted by molar-refractivity contribution is 6.31. The second-order valence-corrected chi connectivity index (χ2v) is 5.16. The molecule has 0 unspecified atom stereocenters. The van der Waals surface area contributed by atoms with E-state index in [4.69, 9.17) is 17.3 Å². The summed E-state index contributed by atoms with van der Waals surface area (Å²) >= 11 is 6.11. The molecule has 0 heterocycles. The van der Waals surface area contributed by atoms with Gasteiger partial charge in [0.25, 0.3) is 0 Å². The standard InChI is InChI=1S/C17H17ClN2O/c1-12(15-7-2-3-8-16(15)18)20-17(21)10-9-13-5-4-6-14(19)11-13/h2-12H,19H2,1H3,(H,20,21)/b10-9+/t12-/m1/s1. The molecule has 3 N–H and O–H groups in total. The summed E-state index contributed by atoms with van der Waals surface area (Å²) in [6, 6.07) is 14.6. The molecule has 2 rings (SSSR count). The first-order valence-corrected chi connectivity index (χ1v) is 7.02. The number of nitrogen functional groups attached to an aromatic ring is 1. The van der Waals surface area contributed by atoms with E-state index in [1.807, 2.05) is 43.3 Å². The van der Waals surface area contributed by atoms with E-state index in [2.05, 4.69) is 5.32 Å². The Morgan fingerprint density at radius 3 is 2.71 bits per heavy atom. The number of nitrogens with one attached hydrogen (secondary N) is 1. The lowest BCUT2D eigenvalue weighted by atomic mass is 10.1.